The second-order valence-corrected chi connectivity index (χ2v) is 3.16. The highest BCUT2D eigenvalue weighted by Gasteiger charge is 2.08. The van der Waals surface area contributed by atoms with Crippen LogP contribution in [-0.4, -0.2) is 6.10 Å². The quantitative estimate of drug-likeness (QED) is 0.789. The van der Waals surface area contributed by atoms with E-state index in [-0.39, 0.29) is 0 Å². The van der Waals surface area contributed by atoms with Crippen molar-refractivity contribution in [1.29, 1.82) is 5.26 Å². The molecule has 0 fully saturated rings. The number of para-hydroxylation sites is 1. The third-order valence-corrected chi connectivity index (χ3v) is 1.99. The summed E-state index contributed by atoms with van der Waals surface area (Å²) in [5.41, 5.74) is 7.52. The first-order valence-electron chi connectivity index (χ1n) is 4.54. The number of nitriles is 1. The summed E-state index contributed by atoms with van der Waals surface area (Å²) in [6, 6.07) is 7.81. The van der Waals surface area contributed by atoms with E-state index in [1.807, 2.05) is 31.2 Å². The topological polar surface area (TPSA) is 59.0 Å². The number of ether oxygens (including phenoxy) is 1. The molecular weight excluding hydrogens is 176 g/mol. The molecule has 0 saturated carbocycles. The SMILES string of the molecule is Cc1cccc(CN)c1OC(C)C#N. The minimum absolute atomic E-state index is 0.426. The molecule has 74 valence electrons. The number of benzene rings is 1. The second kappa shape index (κ2) is 4.64. The molecule has 1 aromatic rings. The lowest BCUT2D eigenvalue weighted by atomic mass is 10.1. The summed E-state index contributed by atoms with van der Waals surface area (Å²) < 4.78 is 5.48. The van der Waals surface area contributed by atoms with Gasteiger partial charge in [-0.3, -0.25) is 0 Å². The molecule has 1 rings (SSSR count). The van der Waals surface area contributed by atoms with Crippen LogP contribution in [0.25, 0.3) is 0 Å². The zero-order valence-electron chi connectivity index (χ0n) is 8.45. The molecule has 3 nitrogen and oxygen atoms in total. The maximum atomic E-state index is 8.64. The Kier molecular flexibility index (Phi) is 3.49. The van der Waals surface area contributed by atoms with Crippen LogP contribution in [0.5, 0.6) is 5.75 Å². The molecule has 0 bridgehead atoms. The predicted octanol–water partition coefficient (Wildman–Crippen LogP) is 1.74. The van der Waals surface area contributed by atoms with Crippen LogP contribution in [0.4, 0.5) is 0 Å². The van der Waals surface area contributed by atoms with Crippen LogP contribution in [0.2, 0.25) is 0 Å². The molecule has 0 radical (unpaired) electrons. The molecular formula is C11H14N2O. The Morgan fingerprint density at radius 3 is 2.86 bits per heavy atom. The van der Waals surface area contributed by atoms with Gasteiger partial charge in [0.25, 0.3) is 0 Å². The standard InChI is InChI=1S/C11H14N2O/c1-8-4-3-5-10(7-13)11(8)14-9(2)6-12/h3-5,9H,7,13H2,1-2H3. The van der Waals surface area contributed by atoms with Gasteiger partial charge < -0.3 is 10.5 Å². The maximum absolute atomic E-state index is 8.64. The molecule has 0 saturated heterocycles. The van der Waals surface area contributed by atoms with Crippen molar-refractivity contribution in [2.75, 3.05) is 0 Å². The highest BCUT2D eigenvalue weighted by molar-refractivity contribution is 5.41. The number of aryl methyl sites for hydroxylation is 1. The Hall–Kier alpha value is -1.53. The molecule has 1 unspecified atom stereocenters. The lowest BCUT2D eigenvalue weighted by Crippen LogP contribution is -2.12. The molecule has 0 aliphatic carbocycles. The monoisotopic (exact) mass is 190 g/mol. The Labute approximate surface area is 84.1 Å². The summed E-state index contributed by atoms with van der Waals surface area (Å²) in [7, 11) is 0. The summed E-state index contributed by atoms with van der Waals surface area (Å²) in [6.45, 7) is 4.08. The molecule has 0 spiro atoms. The van der Waals surface area contributed by atoms with Crippen molar-refractivity contribution < 1.29 is 4.74 Å². The number of hydrogen-bond acceptors (Lipinski definition) is 3. The maximum Gasteiger partial charge on any atom is 0.181 e. The Morgan fingerprint density at radius 1 is 1.57 bits per heavy atom. The lowest BCUT2D eigenvalue weighted by molar-refractivity contribution is 0.272. The van der Waals surface area contributed by atoms with Crippen LogP contribution >= 0.6 is 0 Å². The van der Waals surface area contributed by atoms with Gasteiger partial charge in [-0.05, 0) is 19.4 Å². The van der Waals surface area contributed by atoms with E-state index in [0.29, 0.717) is 6.54 Å². The smallest absolute Gasteiger partial charge is 0.181 e. The average Bonchev–Trinajstić information content (AvgIpc) is 2.20. The van der Waals surface area contributed by atoms with E-state index in [9.17, 15) is 0 Å². The van der Waals surface area contributed by atoms with Crippen molar-refractivity contribution in [3.63, 3.8) is 0 Å². The van der Waals surface area contributed by atoms with Gasteiger partial charge in [-0.1, -0.05) is 18.2 Å². The third kappa shape index (κ3) is 2.24. The van der Waals surface area contributed by atoms with Gasteiger partial charge in [0.15, 0.2) is 6.10 Å². The van der Waals surface area contributed by atoms with E-state index in [4.69, 9.17) is 15.7 Å². The van der Waals surface area contributed by atoms with Crippen LogP contribution in [0.15, 0.2) is 18.2 Å². The molecule has 1 atom stereocenters. The molecule has 0 aromatic heterocycles. The van der Waals surface area contributed by atoms with Crippen molar-refractivity contribution in [2.24, 2.45) is 5.73 Å². The van der Waals surface area contributed by atoms with Crippen LogP contribution in [0.3, 0.4) is 0 Å². The molecule has 14 heavy (non-hydrogen) atoms. The number of rotatable bonds is 3. The summed E-state index contributed by atoms with van der Waals surface area (Å²) in [5.74, 6) is 0.740. The molecule has 2 N–H and O–H groups in total. The highest BCUT2D eigenvalue weighted by Crippen LogP contribution is 2.23. The zero-order chi connectivity index (χ0) is 10.6. The normalized spacial score (nSPS) is 11.9. The zero-order valence-corrected chi connectivity index (χ0v) is 8.45. The van der Waals surface area contributed by atoms with Gasteiger partial charge in [-0.25, -0.2) is 0 Å². The molecule has 0 amide bonds. The van der Waals surface area contributed by atoms with E-state index in [2.05, 4.69) is 0 Å². The van der Waals surface area contributed by atoms with Crippen LogP contribution in [-0.2, 0) is 6.54 Å². The first-order chi connectivity index (χ1) is 6.69. The summed E-state index contributed by atoms with van der Waals surface area (Å²) in [5, 5.41) is 8.64. The number of nitrogens with two attached hydrogens (primary N) is 1. The van der Waals surface area contributed by atoms with Gasteiger partial charge in [0.2, 0.25) is 0 Å². The predicted molar refractivity (Wildman–Crippen MR) is 54.8 cm³/mol. The second-order valence-electron chi connectivity index (χ2n) is 3.16. The van der Waals surface area contributed by atoms with Crippen molar-refractivity contribution in [2.45, 2.75) is 26.5 Å². The Morgan fingerprint density at radius 2 is 2.29 bits per heavy atom. The fourth-order valence-corrected chi connectivity index (χ4v) is 1.25. The first kappa shape index (κ1) is 10.6. The van der Waals surface area contributed by atoms with Crippen LogP contribution < -0.4 is 10.5 Å². The summed E-state index contributed by atoms with van der Waals surface area (Å²) in [6.07, 6.45) is -0.443. The number of nitrogens with zero attached hydrogens (tertiary/aromatic N) is 1. The average molecular weight is 190 g/mol. The van der Waals surface area contributed by atoms with E-state index in [1.54, 1.807) is 6.92 Å². The van der Waals surface area contributed by atoms with Crippen molar-refractivity contribution in [3.05, 3.63) is 29.3 Å². The Balaban J connectivity index is 3.00. The van der Waals surface area contributed by atoms with E-state index in [0.717, 1.165) is 16.9 Å². The van der Waals surface area contributed by atoms with Gasteiger partial charge in [0.1, 0.15) is 11.8 Å². The van der Waals surface area contributed by atoms with Crippen LogP contribution in [0, 0.1) is 18.3 Å². The van der Waals surface area contributed by atoms with E-state index >= 15 is 0 Å². The lowest BCUT2D eigenvalue weighted by Gasteiger charge is -2.14. The summed E-state index contributed by atoms with van der Waals surface area (Å²) >= 11 is 0. The fraction of sp³-hybridized carbons (Fsp3) is 0.364. The van der Waals surface area contributed by atoms with Crippen molar-refractivity contribution in [3.8, 4) is 11.8 Å². The van der Waals surface area contributed by atoms with Gasteiger partial charge in [0, 0.05) is 12.1 Å². The largest absolute Gasteiger partial charge is 0.475 e. The molecule has 0 heterocycles. The van der Waals surface area contributed by atoms with Crippen molar-refractivity contribution in [1.82, 2.24) is 0 Å². The number of hydrogen-bond donors (Lipinski definition) is 1. The minimum atomic E-state index is -0.443. The Bertz CT molecular complexity index is 355. The molecule has 3 heteroatoms. The molecule has 1 aromatic carbocycles. The van der Waals surface area contributed by atoms with Gasteiger partial charge >= 0.3 is 0 Å². The first-order valence-corrected chi connectivity index (χ1v) is 4.54. The van der Waals surface area contributed by atoms with Gasteiger partial charge in [0.05, 0.1) is 0 Å². The summed E-state index contributed by atoms with van der Waals surface area (Å²) in [4.78, 5) is 0. The molecule has 0 aliphatic rings. The fourth-order valence-electron chi connectivity index (χ4n) is 1.25. The molecule has 0 aliphatic heterocycles. The van der Waals surface area contributed by atoms with Gasteiger partial charge in [-0.2, -0.15) is 5.26 Å². The van der Waals surface area contributed by atoms with Crippen LogP contribution in [0.1, 0.15) is 18.1 Å². The minimum Gasteiger partial charge on any atom is -0.475 e. The van der Waals surface area contributed by atoms with E-state index < -0.39 is 6.10 Å². The van der Waals surface area contributed by atoms with E-state index in [1.165, 1.54) is 0 Å². The van der Waals surface area contributed by atoms with Crippen molar-refractivity contribution >= 4 is 0 Å². The highest BCUT2D eigenvalue weighted by atomic mass is 16.5. The third-order valence-electron chi connectivity index (χ3n) is 1.99. The van der Waals surface area contributed by atoms with Gasteiger partial charge in [-0.15, -0.1) is 0 Å².